The highest BCUT2D eigenvalue weighted by Gasteiger charge is 2.38. The van der Waals surface area contributed by atoms with Gasteiger partial charge in [0.25, 0.3) is 0 Å². The summed E-state index contributed by atoms with van der Waals surface area (Å²) in [6, 6.07) is 25.0. The predicted molar refractivity (Wildman–Crippen MR) is 133 cm³/mol. The monoisotopic (exact) mass is 489 g/mol. The molecule has 2 heterocycles. The number of rotatable bonds is 9. The molecule has 1 fully saturated rings. The van der Waals surface area contributed by atoms with Gasteiger partial charge in [0.05, 0.1) is 12.6 Å². The van der Waals surface area contributed by atoms with Crippen molar-refractivity contribution in [2.24, 2.45) is 0 Å². The Kier molecular flexibility index (Phi) is 7.28. The summed E-state index contributed by atoms with van der Waals surface area (Å²) < 4.78 is 40.4. The first-order valence-electron chi connectivity index (χ1n) is 12.2. The van der Waals surface area contributed by atoms with Crippen molar-refractivity contribution >= 4 is 0 Å². The summed E-state index contributed by atoms with van der Waals surface area (Å²) in [7, 11) is 0. The molecule has 0 amide bonds. The van der Waals surface area contributed by atoms with E-state index in [-0.39, 0.29) is 23.0 Å². The molecule has 0 spiro atoms. The standard InChI is InChI=1S/C30H29F2NO3/c31-25-11-4-9-23(17-25)30(34,24-10-5-12-26(32)18-24)29-15-14-28(36-29)21-33(20-27-13-6-16-35-27)19-22-7-2-1-3-8-22/h1-5,7-12,14-15,17-18,27,34H,6,13,16,19-21H2. The average molecular weight is 490 g/mol. The summed E-state index contributed by atoms with van der Waals surface area (Å²) in [5.41, 5.74) is -0.163. The normalized spacial score (nSPS) is 16.1. The van der Waals surface area contributed by atoms with Crippen LogP contribution in [-0.2, 0) is 23.4 Å². The second-order valence-electron chi connectivity index (χ2n) is 9.29. The van der Waals surface area contributed by atoms with E-state index in [2.05, 4.69) is 17.0 Å². The topological polar surface area (TPSA) is 45.8 Å². The molecule has 1 saturated heterocycles. The molecule has 3 aromatic carbocycles. The van der Waals surface area contributed by atoms with Crippen LogP contribution in [0.3, 0.4) is 0 Å². The molecule has 4 aromatic rings. The van der Waals surface area contributed by atoms with E-state index in [0.29, 0.717) is 12.3 Å². The lowest BCUT2D eigenvalue weighted by Gasteiger charge is -2.28. The van der Waals surface area contributed by atoms with Crippen LogP contribution < -0.4 is 0 Å². The minimum atomic E-state index is -1.86. The maximum absolute atomic E-state index is 14.2. The molecule has 186 valence electrons. The molecule has 0 saturated carbocycles. The van der Waals surface area contributed by atoms with Crippen molar-refractivity contribution in [2.45, 2.75) is 37.6 Å². The number of ether oxygens (including phenoxy) is 1. The molecule has 0 radical (unpaired) electrons. The molecular formula is C30H29F2NO3. The van der Waals surface area contributed by atoms with Crippen LogP contribution in [-0.4, -0.2) is 29.3 Å². The van der Waals surface area contributed by atoms with Gasteiger partial charge >= 0.3 is 0 Å². The van der Waals surface area contributed by atoms with Crippen LogP contribution >= 0.6 is 0 Å². The zero-order chi connectivity index (χ0) is 25.0. The number of benzene rings is 3. The fraction of sp³-hybridized carbons (Fsp3) is 0.267. The number of hydrogen-bond acceptors (Lipinski definition) is 4. The summed E-state index contributed by atoms with van der Waals surface area (Å²) in [6.07, 6.45) is 2.25. The van der Waals surface area contributed by atoms with Crippen LogP contribution in [0.2, 0.25) is 0 Å². The first-order valence-corrected chi connectivity index (χ1v) is 12.2. The van der Waals surface area contributed by atoms with Gasteiger partial charge in [0.2, 0.25) is 0 Å². The quantitative estimate of drug-likeness (QED) is 0.312. The summed E-state index contributed by atoms with van der Waals surface area (Å²) in [4.78, 5) is 2.26. The Morgan fingerprint density at radius 2 is 1.53 bits per heavy atom. The van der Waals surface area contributed by atoms with Gasteiger partial charge in [-0.1, -0.05) is 54.6 Å². The number of nitrogens with zero attached hydrogens (tertiary/aromatic N) is 1. The van der Waals surface area contributed by atoms with Gasteiger partial charge in [0.1, 0.15) is 23.2 Å². The van der Waals surface area contributed by atoms with E-state index in [1.54, 1.807) is 18.2 Å². The molecule has 1 aromatic heterocycles. The maximum Gasteiger partial charge on any atom is 0.173 e. The third-order valence-corrected chi connectivity index (χ3v) is 6.62. The van der Waals surface area contributed by atoms with Crippen molar-refractivity contribution in [2.75, 3.05) is 13.2 Å². The highest BCUT2D eigenvalue weighted by Crippen LogP contribution is 2.38. The lowest BCUT2D eigenvalue weighted by atomic mass is 9.84. The van der Waals surface area contributed by atoms with Crippen molar-refractivity contribution in [3.63, 3.8) is 0 Å². The largest absolute Gasteiger partial charge is 0.461 e. The highest BCUT2D eigenvalue weighted by atomic mass is 19.1. The van der Waals surface area contributed by atoms with E-state index >= 15 is 0 Å². The van der Waals surface area contributed by atoms with Crippen molar-refractivity contribution in [3.05, 3.63) is 131 Å². The Bertz CT molecular complexity index is 1240. The van der Waals surface area contributed by atoms with Gasteiger partial charge in [0, 0.05) is 19.7 Å². The predicted octanol–water partition coefficient (Wildman–Crippen LogP) is 6.02. The van der Waals surface area contributed by atoms with Gasteiger partial charge in [-0.3, -0.25) is 4.90 Å². The van der Waals surface area contributed by atoms with Gasteiger partial charge in [-0.05, 0) is 65.9 Å². The van der Waals surface area contributed by atoms with Gasteiger partial charge in [-0.25, -0.2) is 8.78 Å². The van der Waals surface area contributed by atoms with Gasteiger partial charge in [-0.15, -0.1) is 0 Å². The van der Waals surface area contributed by atoms with Crippen molar-refractivity contribution < 1.29 is 23.0 Å². The van der Waals surface area contributed by atoms with E-state index < -0.39 is 17.2 Å². The fourth-order valence-electron chi connectivity index (χ4n) is 4.86. The van der Waals surface area contributed by atoms with Crippen molar-refractivity contribution in [1.82, 2.24) is 4.90 Å². The molecule has 1 N–H and O–H groups in total. The summed E-state index contributed by atoms with van der Waals surface area (Å²) in [5, 5.41) is 11.9. The lowest BCUT2D eigenvalue weighted by molar-refractivity contribution is 0.0629. The van der Waals surface area contributed by atoms with E-state index in [9.17, 15) is 13.9 Å². The molecule has 4 nitrogen and oxygen atoms in total. The first kappa shape index (κ1) is 24.4. The van der Waals surface area contributed by atoms with E-state index in [1.165, 1.54) is 42.0 Å². The third kappa shape index (κ3) is 5.41. The molecule has 0 aliphatic carbocycles. The summed E-state index contributed by atoms with van der Waals surface area (Å²) >= 11 is 0. The van der Waals surface area contributed by atoms with Crippen LogP contribution in [0.15, 0.2) is 95.4 Å². The van der Waals surface area contributed by atoms with E-state index in [1.807, 2.05) is 24.3 Å². The molecule has 6 heteroatoms. The summed E-state index contributed by atoms with van der Waals surface area (Å²) in [5.74, 6) is -0.157. The number of hydrogen-bond donors (Lipinski definition) is 1. The van der Waals surface area contributed by atoms with Crippen LogP contribution in [0.5, 0.6) is 0 Å². The number of aliphatic hydroxyl groups is 1. The Morgan fingerprint density at radius 1 is 0.833 bits per heavy atom. The van der Waals surface area contributed by atoms with Gasteiger partial charge < -0.3 is 14.3 Å². The molecule has 0 bridgehead atoms. The fourth-order valence-corrected chi connectivity index (χ4v) is 4.86. The number of halogens is 2. The average Bonchev–Trinajstić information content (AvgIpc) is 3.57. The van der Waals surface area contributed by atoms with Crippen LogP contribution in [0, 0.1) is 11.6 Å². The number of furan rings is 1. The summed E-state index contributed by atoms with van der Waals surface area (Å²) in [6.45, 7) is 2.75. The minimum Gasteiger partial charge on any atom is -0.461 e. The molecule has 1 aliphatic heterocycles. The second kappa shape index (κ2) is 10.7. The van der Waals surface area contributed by atoms with Gasteiger partial charge in [0.15, 0.2) is 5.60 Å². The molecule has 5 rings (SSSR count). The van der Waals surface area contributed by atoms with Crippen LogP contribution in [0.25, 0.3) is 0 Å². The smallest absolute Gasteiger partial charge is 0.173 e. The maximum atomic E-state index is 14.2. The molecule has 1 aliphatic rings. The molecule has 1 unspecified atom stereocenters. The minimum absolute atomic E-state index is 0.166. The third-order valence-electron chi connectivity index (χ3n) is 6.62. The lowest BCUT2D eigenvalue weighted by Crippen LogP contribution is -2.31. The van der Waals surface area contributed by atoms with Crippen LogP contribution in [0.4, 0.5) is 8.78 Å². The molecule has 1 atom stereocenters. The van der Waals surface area contributed by atoms with E-state index in [0.717, 1.165) is 32.5 Å². The van der Waals surface area contributed by atoms with Crippen molar-refractivity contribution in [3.8, 4) is 0 Å². The SMILES string of the molecule is OC(c1cccc(F)c1)(c1cccc(F)c1)c1ccc(CN(Cc2ccccc2)CC2CCCO2)o1. The zero-order valence-electron chi connectivity index (χ0n) is 19.9. The Morgan fingerprint density at radius 3 is 2.14 bits per heavy atom. The van der Waals surface area contributed by atoms with E-state index in [4.69, 9.17) is 9.15 Å². The highest BCUT2D eigenvalue weighted by molar-refractivity contribution is 5.44. The second-order valence-corrected chi connectivity index (χ2v) is 9.29. The van der Waals surface area contributed by atoms with Crippen molar-refractivity contribution in [1.29, 1.82) is 0 Å². The zero-order valence-corrected chi connectivity index (χ0v) is 19.9. The Labute approximate surface area is 209 Å². The molecule has 36 heavy (non-hydrogen) atoms. The van der Waals surface area contributed by atoms with Crippen LogP contribution in [0.1, 0.15) is 41.1 Å². The Hall–Kier alpha value is -3.32. The molecular weight excluding hydrogens is 460 g/mol. The van der Waals surface area contributed by atoms with Gasteiger partial charge in [-0.2, -0.15) is 0 Å². The Balaban J connectivity index is 1.46. The first-order chi connectivity index (χ1) is 17.5.